The molecule has 1 heterocycles. The maximum atomic E-state index is 11.8. The Morgan fingerprint density at radius 2 is 2.14 bits per heavy atom. The molecule has 0 saturated heterocycles. The molecule has 5 nitrogen and oxygen atoms in total. The maximum absolute atomic E-state index is 11.8. The van der Waals surface area contributed by atoms with Gasteiger partial charge in [0.2, 0.25) is 11.7 Å². The molecule has 0 aliphatic rings. The first-order chi connectivity index (χ1) is 10.1. The summed E-state index contributed by atoms with van der Waals surface area (Å²) in [6.45, 7) is 2.01. The second-order valence-electron chi connectivity index (χ2n) is 4.38. The van der Waals surface area contributed by atoms with Gasteiger partial charge in [0.05, 0.1) is 25.5 Å². The zero-order valence-electron chi connectivity index (χ0n) is 12.1. The second-order valence-corrected chi connectivity index (χ2v) is 5.30. The lowest BCUT2D eigenvalue weighted by molar-refractivity contribution is 0.0564. The number of ether oxygens (including phenoxy) is 2. The van der Waals surface area contributed by atoms with Gasteiger partial charge in [0.25, 0.3) is 0 Å². The third-order valence-electron chi connectivity index (χ3n) is 2.95. The van der Waals surface area contributed by atoms with Crippen molar-refractivity contribution >= 4 is 21.9 Å². The minimum atomic E-state index is -0.520. The summed E-state index contributed by atoms with van der Waals surface area (Å²) in [6, 6.07) is 5.50. The first-order valence-corrected chi connectivity index (χ1v) is 7.32. The summed E-state index contributed by atoms with van der Waals surface area (Å²) in [6.07, 6.45) is 1.50. The molecular formula is C15H16BrNO4. The van der Waals surface area contributed by atoms with Crippen molar-refractivity contribution in [3.8, 4) is 17.2 Å². The summed E-state index contributed by atoms with van der Waals surface area (Å²) in [5, 5.41) is 0. The van der Waals surface area contributed by atoms with Crippen molar-refractivity contribution in [1.29, 1.82) is 0 Å². The number of methoxy groups -OCH3 is 2. The molecule has 0 radical (unpaired) electrons. The number of benzene rings is 1. The molecule has 1 aromatic carbocycles. The van der Waals surface area contributed by atoms with Gasteiger partial charge in [-0.1, -0.05) is 29.3 Å². The average Bonchev–Trinajstić information content (AvgIpc) is 2.90. The molecule has 2 aromatic rings. The van der Waals surface area contributed by atoms with Crippen LogP contribution in [0.3, 0.4) is 0 Å². The van der Waals surface area contributed by atoms with Gasteiger partial charge in [-0.2, -0.15) is 0 Å². The summed E-state index contributed by atoms with van der Waals surface area (Å²) in [7, 11) is 2.89. The maximum Gasteiger partial charge on any atom is 0.376 e. The minimum absolute atomic E-state index is 0.152. The minimum Gasteiger partial charge on any atom is -0.496 e. The molecule has 0 fully saturated rings. The Balaban J connectivity index is 2.52. The highest BCUT2D eigenvalue weighted by Gasteiger charge is 2.22. The van der Waals surface area contributed by atoms with Crippen LogP contribution in [0.5, 0.6) is 5.75 Å². The highest BCUT2D eigenvalue weighted by Crippen LogP contribution is 2.33. The van der Waals surface area contributed by atoms with Crippen LogP contribution in [0.4, 0.5) is 0 Å². The van der Waals surface area contributed by atoms with Gasteiger partial charge < -0.3 is 13.9 Å². The number of halogens is 1. The summed E-state index contributed by atoms with van der Waals surface area (Å²) in [5.41, 5.74) is 1.29. The fourth-order valence-electron chi connectivity index (χ4n) is 1.97. The van der Waals surface area contributed by atoms with Crippen molar-refractivity contribution in [2.24, 2.45) is 0 Å². The number of rotatable bonds is 5. The van der Waals surface area contributed by atoms with E-state index in [0.29, 0.717) is 29.3 Å². The number of hydrogen-bond donors (Lipinski definition) is 0. The predicted molar refractivity (Wildman–Crippen MR) is 81.5 cm³/mol. The molecule has 6 heteroatoms. The molecule has 0 spiro atoms. The first-order valence-electron chi connectivity index (χ1n) is 6.52. The SMILES string of the molecule is CCCc1nc(-c2ccc(Br)cc2OC)oc1C(=O)OC. The van der Waals surface area contributed by atoms with Gasteiger partial charge in [-0.25, -0.2) is 9.78 Å². The van der Waals surface area contributed by atoms with Crippen LogP contribution in [-0.2, 0) is 11.2 Å². The Morgan fingerprint density at radius 1 is 1.38 bits per heavy atom. The summed E-state index contributed by atoms with van der Waals surface area (Å²) in [5.74, 6) is 0.598. The van der Waals surface area contributed by atoms with Crippen molar-refractivity contribution in [2.45, 2.75) is 19.8 Å². The molecule has 0 amide bonds. The largest absolute Gasteiger partial charge is 0.496 e. The van der Waals surface area contributed by atoms with E-state index >= 15 is 0 Å². The highest BCUT2D eigenvalue weighted by atomic mass is 79.9. The molecule has 112 valence electrons. The van der Waals surface area contributed by atoms with Crippen LogP contribution in [0.2, 0.25) is 0 Å². The fourth-order valence-corrected chi connectivity index (χ4v) is 2.31. The zero-order valence-corrected chi connectivity index (χ0v) is 13.7. The van der Waals surface area contributed by atoms with Crippen LogP contribution in [0.15, 0.2) is 27.1 Å². The zero-order chi connectivity index (χ0) is 15.4. The van der Waals surface area contributed by atoms with Crippen molar-refractivity contribution < 1.29 is 18.7 Å². The number of hydrogen-bond acceptors (Lipinski definition) is 5. The van der Waals surface area contributed by atoms with Crippen LogP contribution >= 0.6 is 15.9 Å². The Kier molecular flexibility index (Phi) is 5.01. The van der Waals surface area contributed by atoms with E-state index in [0.717, 1.165) is 10.9 Å². The smallest absolute Gasteiger partial charge is 0.376 e. The fraction of sp³-hybridized carbons (Fsp3) is 0.333. The third-order valence-corrected chi connectivity index (χ3v) is 3.44. The van der Waals surface area contributed by atoms with Crippen molar-refractivity contribution in [3.05, 3.63) is 34.1 Å². The molecule has 0 aliphatic heterocycles. The molecule has 0 N–H and O–H groups in total. The van der Waals surface area contributed by atoms with Gasteiger partial charge in [0, 0.05) is 4.47 Å². The standard InChI is InChI=1S/C15H16BrNO4/c1-4-5-11-13(15(18)20-3)21-14(17-11)10-7-6-9(16)8-12(10)19-2/h6-8H,4-5H2,1-3H3. The van der Waals surface area contributed by atoms with Crippen molar-refractivity contribution in [1.82, 2.24) is 4.98 Å². The van der Waals surface area contributed by atoms with E-state index in [2.05, 4.69) is 20.9 Å². The molecule has 0 bridgehead atoms. The average molecular weight is 354 g/mol. The molecule has 0 saturated carbocycles. The highest BCUT2D eigenvalue weighted by molar-refractivity contribution is 9.10. The van der Waals surface area contributed by atoms with E-state index < -0.39 is 5.97 Å². The van der Waals surface area contributed by atoms with E-state index in [-0.39, 0.29) is 5.76 Å². The van der Waals surface area contributed by atoms with Crippen LogP contribution < -0.4 is 4.74 Å². The van der Waals surface area contributed by atoms with E-state index in [1.165, 1.54) is 7.11 Å². The summed E-state index contributed by atoms with van der Waals surface area (Å²) < 4.78 is 16.6. The number of aryl methyl sites for hydroxylation is 1. The number of esters is 1. The molecule has 0 unspecified atom stereocenters. The van der Waals surface area contributed by atoms with Gasteiger partial charge in [-0.3, -0.25) is 0 Å². The van der Waals surface area contributed by atoms with Crippen LogP contribution in [0, 0.1) is 0 Å². The Bertz CT molecular complexity index is 651. The van der Waals surface area contributed by atoms with Gasteiger partial charge in [0.1, 0.15) is 5.75 Å². The Labute approximate surface area is 131 Å². The number of carbonyl (C=O) groups is 1. The topological polar surface area (TPSA) is 61.6 Å². The van der Waals surface area contributed by atoms with Gasteiger partial charge in [-0.05, 0) is 24.6 Å². The number of oxazole rings is 1. The lowest BCUT2D eigenvalue weighted by atomic mass is 10.2. The normalized spacial score (nSPS) is 10.5. The Hall–Kier alpha value is -1.82. The van der Waals surface area contributed by atoms with E-state index in [1.807, 2.05) is 25.1 Å². The van der Waals surface area contributed by atoms with Crippen LogP contribution in [-0.4, -0.2) is 25.2 Å². The molecule has 0 aliphatic carbocycles. The third kappa shape index (κ3) is 3.26. The summed E-state index contributed by atoms with van der Waals surface area (Å²) in [4.78, 5) is 16.2. The summed E-state index contributed by atoms with van der Waals surface area (Å²) >= 11 is 3.38. The van der Waals surface area contributed by atoms with Gasteiger partial charge >= 0.3 is 5.97 Å². The van der Waals surface area contributed by atoms with E-state index in [4.69, 9.17) is 13.9 Å². The van der Waals surface area contributed by atoms with Crippen molar-refractivity contribution in [3.63, 3.8) is 0 Å². The molecule has 0 atom stereocenters. The first kappa shape index (κ1) is 15.6. The van der Waals surface area contributed by atoms with Crippen molar-refractivity contribution in [2.75, 3.05) is 14.2 Å². The van der Waals surface area contributed by atoms with Crippen LogP contribution in [0.25, 0.3) is 11.5 Å². The number of aromatic nitrogens is 1. The number of carbonyl (C=O) groups excluding carboxylic acids is 1. The molecular weight excluding hydrogens is 338 g/mol. The van der Waals surface area contributed by atoms with E-state index in [9.17, 15) is 4.79 Å². The lowest BCUT2D eigenvalue weighted by Gasteiger charge is -2.05. The quantitative estimate of drug-likeness (QED) is 0.764. The monoisotopic (exact) mass is 353 g/mol. The molecule has 1 aromatic heterocycles. The Morgan fingerprint density at radius 3 is 2.76 bits per heavy atom. The van der Waals surface area contributed by atoms with Crippen LogP contribution in [0.1, 0.15) is 29.6 Å². The van der Waals surface area contributed by atoms with Gasteiger partial charge in [-0.15, -0.1) is 0 Å². The lowest BCUT2D eigenvalue weighted by Crippen LogP contribution is -2.03. The number of nitrogens with zero attached hydrogens (tertiary/aromatic N) is 1. The predicted octanol–water partition coefficient (Wildman–Crippen LogP) is 3.85. The van der Waals surface area contributed by atoms with Gasteiger partial charge in [0.15, 0.2) is 0 Å². The van der Waals surface area contributed by atoms with E-state index in [1.54, 1.807) is 7.11 Å². The molecule has 2 rings (SSSR count). The second kappa shape index (κ2) is 6.76. The molecule has 21 heavy (non-hydrogen) atoms.